The van der Waals surface area contributed by atoms with Crippen LogP contribution in [0.2, 0.25) is 5.02 Å². The van der Waals surface area contributed by atoms with E-state index in [1.54, 1.807) is 6.92 Å². The Morgan fingerprint density at radius 3 is 2.86 bits per heavy atom. The molecule has 0 radical (unpaired) electrons. The molecule has 1 aromatic carbocycles. The van der Waals surface area contributed by atoms with Gasteiger partial charge in [0.25, 0.3) is 0 Å². The monoisotopic (exact) mass is 370 g/mol. The van der Waals surface area contributed by atoms with Gasteiger partial charge in [0.15, 0.2) is 5.69 Å². The Labute approximate surface area is 135 Å². The molecule has 110 valence electrons. The minimum Gasteiger partial charge on any atom is -0.471 e. The first-order chi connectivity index (χ1) is 10.0. The fourth-order valence-electron chi connectivity index (χ4n) is 1.62. The number of rotatable bonds is 4. The Morgan fingerprint density at radius 1 is 1.43 bits per heavy atom. The topological polar surface area (TPSA) is 61.3 Å². The number of ether oxygens (including phenoxy) is 2. The molecule has 0 atom stereocenters. The predicted octanol–water partition coefficient (Wildman–Crippen LogP) is 3.57. The van der Waals surface area contributed by atoms with Gasteiger partial charge in [-0.1, -0.05) is 23.7 Å². The van der Waals surface area contributed by atoms with Gasteiger partial charge in [-0.25, -0.2) is 14.8 Å². The van der Waals surface area contributed by atoms with Gasteiger partial charge in [0.2, 0.25) is 5.88 Å². The van der Waals surface area contributed by atoms with Crippen molar-refractivity contribution in [2.24, 2.45) is 0 Å². The molecule has 0 aliphatic carbocycles. The highest BCUT2D eigenvalue weighted by molar-refractivity contribution is 9.10. The van der Waals surface area contributed by atoms with Crippen molar-refractivity contribution in [3.8, 4) is 5.88 Å². The molecule has 0 spiro atoms. The van der Waals surface area contributed by atoms with Gasteiger partial charge in [0, 0.05) is 10.0 Å². The average Bonchev–Trinajstić information content (AvgIpc) is 2.49. The Balaban J connectivity index is 2.13. The second-order valence-electron chi connectivity index (χ2n) is 4.14. The van der Waals surface area contributed by atoms with Crippen LogP contribution in [0.4, 0.5) is 0 Å². The minimum absolute atomic E-state index is 0.142. The van der Waals surface area contributed by atoms with Crippen molar-refractivity contribution in [2.45, 2.75) is 13.5 Å². The Bertz CT molecular complexity index is 679. The predicted molar refractivity (Wildman–Crippen MR) is 81.6 cm³/mol. The van der Waals surface area contributed by atoms with Crippen molar-refractivity contribution >= 4 is 33.5 Å². The van der Waals surface area contributed by atoms with Gasteiger partial charge >= 0.3 is 5.97 Å². The third-order valence-corrected chi connectivity index (χ3v) is 4.03. The van der Waals surface area contributed by atoms with Crippen LogP contribution in [0.3, 0.4) is 0 Å². The number of methoxy groups -OCH3 is 1. The summed E-state index contributed by atoms with van der Waals surface area (Å²) in [5, 5.41) is 0.592. The molecule has 7 heteroatoms. The number of nitrogens with zero attached hydrogens (tertiary/aromatic N) is 2. The van der Waals surface area contributed by atoms with Crippen molar-refractivity contribution in [3.05, 3.63) is 50.8 Å². The smallest absolute Gasteiger partial charge is 0.358 e. The van der Waals surface area contributed by atoms with Crippen molar-refractivity contribution in [2.75, 3.05) is 7.11 Å². The van der Waals surface area contributed by atoms with Crippen molar-refractivity contribution in [3.63, 3.8) is 0 Å². The first kappa shape index (κ1) is 15.7. The second kappa shape index (κ2) is 6.87. The Hall–Kier alpha value is -1.66. The number of hydrogen-bond donors (Lipinski definition) is 0. The van der Waals surface area contributed by atoms with E-state index in [2.05, 4.69) is 30.6 Å². The Morgan fingerprint density at radius 2 is 2.19 bits per heavy atom. The molecule has 0 unspecified atom stereocenters. The maximum absolute atomic E-state index is 11.4. The number of carbonyl (C=O) groups is 1. The first-order valence-electron chi connectivity index (χ1n) is 6.00. The van der Waals surface area contributed by atoms with E-state index in [1.807, 2.05) is 18.2 Å². The minimum atomic E-state index is -0.535. The van der Waals surface area contributed by atoms with Crippen LogP contribution in [-0.4, -0.2) is 23.0 Å². The Kier molecular flexibility index (Phi) is 5.14. The summed E-state index contributed by atoms with van der Waals surface area (Å²) in [5.41, 5.74) is 1.47. The quantitative estimate of drug-likeness (QED) is 0.769. The van der Waals surface area contributed by atoms with Gasteiger partial charge in [0.05, 0.1) is 18.3 Å². The molecule has 21 heavy (non-hydrogen) atoms. The third-order valence-electron chi connectivity index (χ3n) is 2.69. The summed E-state index contributed by atoms with van der Waals surface area (Å²) < 4.78 is 11.0. The van der Waals surface area contributed by atoms with Crippen LogP contribution in [0.5, 0.6) is 5.88 Å². The number of hydrogen-bond acceptors (Lipinski definition) is 5. The standard InChI is InChI=1S/C14H12BrClN2O3/c1-8-13(17-6-11(18-8)14(19)20-2)21-7-9-4-3-5-10(15)12(9)16/h3-6H,7H2,1-2H3. The number of halogens is 2. The van der Waals surface area contributed by atoms with Crippen LogP contribution in [0.15, 0.2) is 28.9 Å². The van der Waals surface area contributed by atoms with Gasteiger partial charge in [0.1, 0.15) is 12.3 Å². The maximum atomic E-state index is 11.4. The van der Waals surface area contributed by atoms with Gasteiger partial charge in [-0.3, -0.25) is 0 Å². The van der Waals surface area contributed by atoms with E-state index in [9.17, 15) is 4.79 Å². The number of aromatic nitrogens is 2. The molecule has 0 N–H and O–H groups in total. The second-order valence-corrected chi connectivity index (χ2v) is 5.37. The highest BCUT2D eigenvalue weighted by Crippen LogP contribution is 2.27. The molecule has 1 aromatic heterocycles. The van der Waals surface area contributed by atoms with Gasteiger partial charge in [-0.2, -0.15) is 0 Å². The zero-order chi connectivity index (χ0) is 15.4. The van der Waals surface area contributed by atoms with Gasteiger partial charge in [-0.15, -0.1) is 0 Å². The summed E-state index contributed by atoms with van der Waals surface area (Å²) in [6.07, 6.45) is 1.32. The molecule has 0 amide bonds. The van der Waals surface area contributed by atoms with Crippen molar-refractivity contribution < 1.29 is 14.3 Å². The van der Waals surface area contributed by atoms with Crippen molar-refractivity contribution in [1.82, 2.24) is 9.97 Å². The summed E-state index contributed by atoms with van der Waals surface area (Å²) in [6, 6.07) is 5.58. The molecule has 1 heterocycles. The highest BCUT2D eigenvalue weighted by Gasteiger charge is 2.12. The number of esters is 1. The number of carbonyl (C=O) groups excluding carboxylic acids is 1. The lowest BCUT2D eigenvalue weighted by Crippen LogP contribution is -2.08. The number of aryl methyl sites for hydroxylation is 1. The lowest BCUT2D eigenvalue weighted by Gasteiger charge is -2.10. The van der Waals surface area contributed by atoms with Crippen LogP contribution < -0.4 is 4.74 Å². The first-order valence-corrected chi connectivity index (χ1v) is 7.17. The van der Waals surface area contributed by atoms with E-state index >= 15 is 0 Å². The van der Waals surface area contributed by atoms with Crippen LogP contribution in [0, 0.1) is 6.92 Å². The van der Waals surface area contributed by atoms with Crippen LogP contribution >= 0.6 is 27.5 Å². The van der Waals surface area contributed by atoms with Crippen molar-refractivity contribution in [1.29, 1.82) is 0 Å². The van der Waals surface area contributed by atoms with Gasteiger partial charge < -0.3 is 9.47 Å². The van der Waals surface area contributed by atoms with Crippen LogP contribution in [-0.2, 0) is 11.3 Å². The number of benzene rings is 1. The van der Waals surface area contributed by atoms with E-state index in [-0.39, 0.29) is 12.3 Å². The summed E-state index contributed by atoms with van der Waals surface area (Å²) in [5.74, 6) is -0.189. The fourth-order valence-corrected chi connectivity index (χ4v) is 2.21. The van der Waals surface area contributed by atoms with E-state index < -0.39 is 5.97 Å². The summed E-state index contributed by atoms with van der Waals surface area (Å²) in [6.45, 7) is 1.96. The van der Waals surface area contributed by atoms with E-state index in [4.69, 9.17) is 16.3 Å². The molecular weight excluding hydrogens is 360 g/mol. The summed E-state index contributed by atoms with van der Waals surface area (Å²) in [4.78, 5) is 19.5. The maximum Gasteiger partial charge on any atom is 0.358 e. The summed E-state index contributed by atoms with van der Waals surface area (Å²) in [7, 11) is 1.29. The normalized spacial score (nSPS) is 10.3. The molecule has 0 aliphatic heterocycles. The SMILES string of the molecule is COC(=O)c1cnc(OCc2cccc(Br)c2Cl)c(C)n1. The zero-order valence-electron chi connectivity index (χ0n) is 11.4. The third kappa shape index (κ3) is 3.71. The molecule has 5 nitrogen and oxygen atoms in total. The lowest BCUT2D eigenvalue weighted by atomic mass is 10.2. The molecule has 2 rings (SSSR count). The molecular formula is C14H12BrClN2O3. The molecule has 0 saturated heterocycles. The summed E-state index contributed by atoms with van der Waals surface area (Å²) >= 11 is 9.51. The fraction of sp³-hybridized carbons (Fsp3) is 0.214. The molecule has 0 fully saturated rings. The molecule has 0 saturated carbocycles. The zero-order valence-corrected chi connectivity index (χ0v) is 13.7. The van der Waals surface area contributed by atoms with Crippen LogP contribution in [0.1, 0.15) is 21.7 Å². The highest BCUT2D eigenvalue weighted by atomic mass is 79.9. The average molecular weight is 372 g/mol. The largest absolute Gasteiger partial charge is 0.471 e. The molecule has 2 aromatic rings. The lowest BCUT2D eigenvalue weighted by molar-refractivity contribution is 0.0593. The molecule has 0 bridgehead atoms. The molecule has 0 aliphatic rings. The van der Waals surface area contributed by atoms with E-state index in [0.717, 1.165) is 10.0 Å². The van der Waals surface area contributed by atoms with Gasteiger partial charge in [-0.05, 0) is 28.9 Å². The van der Waals surface area contributed by atoms with E-state index in [1.165, 1.54) is 13.3 Å². The van der Waals surface area contributed by atoms with E-state index in [0.29, 0.717) is 16.6 Å². The van der Waals surface area contributed by atoms with Crippen LogP contribution in [0.25, 0.3) is 0 Å².